The molecule has 0 atom stereocenters. The normalized spacial score (nSPS) is 15.0. The lowest BCUT2D eigenvalue weighted by Gasteiger charge is -2.29. The number of carbonyl (C=O) groups is 2. The van der Waals surface area contributed by atoms with Crippen LogP contribution in [0, 0.1) is 13.8 Å². The second-order valence-electron chi connectivity index (χ2n) is 5.18. The minimum Gasteiger partial charge on any atom is -0.481 e. The molecule has 1 aromatic carbocycles. The van der Waals surface area contributed by atoms with Crippen molar-refractivity contribution < 1.29 is 14.7 Å². The van der Waals surface area contributed by atoms with Crippen molar-refractivity contribution >= 4 is 29.3 Å². The van der Waals surface area contributed by atoms with E-state index in [9.17, 15) is 9.59 Å². The van der Waals surface area contributed by atoms with Crippen molar-refractivity contribution in [1.29, 1.82) is 0 Å². The molecular weight excluding hydrogens is 286 g/mol. The van der Waals surface area contributed by atoms with Crippen LogP contribution >= 0.6 is 11.8 Å². The second-order valence-corrected chi connectivity index (χ2v) is 6.03. The largest absolute Gasteiger partial charge is 0.481 e. The third kappa shape index (κ3) is 3.88. The quantitative estimate of drug-likeness (QED) is 0.908. The molecule has 1 heterocycles. The predicted molar refractivity (Wildman–Crippen MR) is 84.9 cm³/mol. The van der Waals surface area contributed by atoms with Crippen LogP contribution in [0.25, 0.3) is 5.70 Å². The molecule has 0 fully saturated rings. The Balaban J connectivity index is 2.23. The molecule has 1 N–H and O–H groups in total. The fraction of sp³-hybridized carbons (Fsp3) is 0.375. The van der Waals surface area contributed by atoms with Crippen LogP contribution in [-0.2, 0) is 9.59 Å². The molecule has 5 heteroatoms. The van der Waals surface area contributed by atoms with Crippen LogP contribution in [0.2, 0.25) is 0 Å². The molecule has 112 valence electrons. The van der Waals surface area contributed by atoms with Crippen molar-refractivity contribution in [3.63, 3.8) is 0 Å². The first kappa shape index (κ1) is 15.6. The summed E-state index contributed by atoms with van der Waals surface area (Å²) in [5.74, 6) is -0.365. The molecule has 1 aliphatic heterocycles. The van der Waals surface area contributed by atoms with E-state index in [1.54, 1.807) is 4.90 Å². The van der Waals surface area contributed by atoms with Gasteiger partial charge in [0.1, 0.15) is 0 Å². The van der Waals surface area contributed by atoms with Crippen molar-refractivity contribution in [2.45, 2.75) is 26.7 Å². The highest BCUT2D eigenvalue weighted by Crippen LogP contribution is 2.30. The van der Waals surface area contributed by atoms with Crippen LogP contribution in [0.1, 0.15) is 29.5 Å². The first-order valence-corrected chi connectivity index (χ1v) is 7.95. The summed E-state index contributed by atoms with van der Waals surface area (Å²) in [4.78, 5) is 24.5. The monoisotopic (exact) mass is 305 g/mol. The summed E-state index contributed by atoms with van der Waals surface area (Å²) in [5, 5.41) is 10.7. The molecule has 1 aromatic rings. The van der Waals surface area contributed by atoms with Gasteiger partial charge in [-0.05, 0) is 31.2 Å². The van der Waals surface area contributed by atoms with Gasteiger partial charge in [0.2, 0.25) is 5.91 Å². The molecule has 0 radical (unpaired) electrons. The lowest BCUT2D eigenvalue weighted by Crippen LogP contribution is -2.34. The summed E-state index contributed by atoms with van der Waals surface area (Å²) in [5.41, 5.74) is 4.24. The van der Waals surface area contributed by atoms with Gasteiger partial charge in [0, 0.05) is 18.5 Å². The number of carboxylic acid groups (broad SMARTS) is 1. The van der Waals surface area contributed by atoms with Crippen molar-refractivity contribution in [2.75, 3.05) is 12.3 Å². The summed E-state index contributed by atoms with van der Waals surface area (Å²) >= 11 is 1.49. The molecule has 0 unspecified atom stereocenters. The Labute approximate surface area is 128 Å². The maximum absolute atomic E-state index is 12.1. The van der Waals surface area contributed by atoms with E-state index in [0.29, 0.717) is 18.7 Å². The SMILES string of the molecule is Cc1ccc(C2=CSCC(=O)N2CCCC(=O)O)c(C)c1. The zero-order chi connectivity index (χ0) is 15.4. The lowest BCUT2D eigenvalue weighted by molar-refractivity contribution is -0.137. The Kier molecular flexibility index (Phi) is 5.07. The maximum atomic E-state index is 12.1. The van der Waals surface area contributed by atoms with E-state index in [0.717, 1.165) is 16.8 Å². The highest BCUT2D eigenvalue weighted by Gasteiger charge is 2.24. The van der Waals surface area contributed by atoms with Crippen LogP contribution < -0.4 is 0 Å². The number of benzene rings is 1. The maximum Gasteiger partial charge on any atom is 0.303 e. The van der Waals surface area contributed by atoms with Crippen LogP contribution in [-0.4, -0.2) is 34.2 Å². The van der Waals surface area contributed by atoms with Gasteiger partial charge in [0.15, 0.2) is 0 Å². The molecule has 0 bridgehead atoms. The standard InChI is InChI=1S/C16H19NO3S/c1-11-5-6-13(12(2)8-11)14-9-21-10-15(18)17(14)7-3-4-16(19)20/h5-6,8-9H,3-4,7,10H2,1-2H3,(H,19,20). The molecule has 4 nitrogen and oxygen atoms in total. The summed E-state index contributed by atoms with van der Waals surface area (Å²) in [6.07, 6.45) is 0.547. The number of hydrogen-bond donors (Lipinski definition) is 1. The molecule has 0 aliphatic carbocycles. The van der Waals surface area contributed by atoms with E-state index in [2.05, 4.69) is 6.07 Å². The number of aliphatic carboxylic acids is 1. The Morgan fingerprint density at radius 3 is 2.81 bits per heavy atom. The lowest BCUT2D eigenvalue weighted by atomic mass is 10.0. The van der Waals surface area contributed by atoms with Crippen molar-refractivity contribution in [3.8, 4) is 0 Å². The van der Waals surface area contributed by atoms with Gasteiger partial charge >= 0.3 is 5.97 Å². The van der Waals surface area contributed by atoms with Gasteiger partial charge in [0.25, 0.3) is 0 Å². The second kappa shape index (κ2) is 6.80. The first-order chi connectivity index (χ1) is 9.99. The Morgan fingerprint density at radius 2 is 2.14 bits per heavy atom. The van der Waals surface area contributed by atoms with Crippen molar-refractivity contribution in [1.82, 2.24) is 4.90 Å². The number of carboxylic acids is 1. The summed E-state index contributed by atoms with van der Waals surface area (Å²) in [7, 11) is 0. The van der Waals surface area contributed by atoms with Crippen LogP contribution in [0.4, 0.5) is 0 Å². The molecule has 0 saturated heterocycles. The minimum absolute atomic E-state index is 0.0443. The molecule has 21 heavy (non-hydrogen) atoms. The summed E-state index contributed by atoms with van der Waals surface area (Å²) in [6.45, 7) is 4.52. The van der Waals surface area contributed by atoms with Gasteiger partial charge in [0.05, 0.1) is 11.4 Å². The Morgan fingerprint density at radius 1 is 1.38 bits per heavy atom. The van der Waals surface area contributed by atoms with E-state index in [4.69, 9.17) is 5.11 Å². The van der Waals surface area contributed by atoms with Gasteiger partial charge in [-0.1, -0.05) is 23.8 Å². The average molecular weight is 305 g/mol. The van der Waals surface area contributed by atoms with E-state index in [1.165, 1.54) is 17.3 Å². The third-order valence-electron chi connectivity index (χ3n) is 3.42. The zero-order valence-electron chi connectivity index (χ0n) is 12.3. The number of rotatable bonds is 5. The van der Waals surface area contributed by atoms with Crippen molar-refractivity contribution in [3.05, 3.63) is 40.3 Å². The third-order valence-corrected chi connectivity index (χ3v) is 4.23. The smallest absolute Gasteiger partial charge is 0.303 e. The predicted octanol–water partition coefficient (Wildman–Crippen LogP) is 3.04. The molecule has 0 saturated carbocycles. The van der Waals surface area contributed by atoms with Crippen LogP contribution in [0.15, 0.2) is 23.6 Å². The average Bonchev–Trinajstić information content (AvgIpc) is 2.40. The molecular formula is C16H19NO3S. The van der Waals surface area contributed by atoms with Gasteiger partial charge in [-0.2, -0.15) is 0 Å². The number of aryl methyl sites for hydroxylation is 2. The van der Waals surface area contributed by atoms with E-state index in [1.807, 2.05) is 31.4 Å². The number of carbonyl (C=O) groups excluding carboxylic acids is 1. The Bertz CT molecular complexity index is 595. The van der Waals surface area contributed by atoms with Gasteiger partial charge < -0.3 is 10.0 Å². The van der Waals surface area contributed by atoms with E-state index >= 15 is 0 Å². The summed E-state index contributed by atoms with van der Waals surface area (Å²) in [6, 6.07) is 6.15. The molecule has 0 aromatic heterocycles. The van der Waals surface area contributed by atoms with Crippen molar-refractivity contribution in [2.24, 2.45) is 0 Å². The van der Waals surface area contributed by atoms with Gasteiger partial charge in [-0.3, -0.25) is 9.59 Å². The fourth-order valence-corrected chi connectivity index (χ4v) is 3.21. The fourth-order valence-electron chi connectivity index (χ4n) is 2.41. The molecule has 1 aliphatic rings. The molecule has 2 rings (SSSR count). The summed E-state index contributed by atoms with van der Waals surface area (Å²) < 4.78 is 0. The van der Waals surface area contributed by atoms with Crippen LogP contribution in [0.5, 0.6) is 0 Å². The topological polar surface area (TPSA) is 57.6 Å². The number of thioether (sulfide) groups is 1. The molecule has 1 amide bonds. The minimum atomic E-state index is -0.828. The van der Waals surface area contributed by atoms with Gasteiger partial charge in [-0.25, -0.2) is 0 Å². The van der Waals surface area contributed by atoms with Gasteiger partial charge in [-0.15, -0.1) is 11.8 Å². The highest BCUT2D eigenvalue weighted by molar-refractivity contribution is 8.03. The van der Waals surface area contributed by atoms with E-state index in [-0.39, 0.29) is 12.3 Å². The zero-order valence-corrected chi connectivity index (χ0v) is 13.1. The molecule has 0 spiro atoms. The number of nitrogens with zero attached hydrogens (tertiary/aromatic N) is 1. The van der Waals surface area contributed by atoms with Crippen LogP contribution in [0.3, 0.4) is 0 Å². The number of amides is 1. The first-order valence-electron chi connectivity index (χ1n) is 6.90. The van der Waals surface area contributed by atoms with E-state index < -0.39 is 5.97 Å². The number of hydrogen-bond acceptors (Lipinski definition) is 3. The highest BCUT2D eigenvalue weighted by atomic mass is 32.2. The Hall–Kier alpha value is -1.75.